The van der Waals surface area contributed by atoms with Crippen molar-refractivity contribution in [2.24, 2.45) is 0 Å². The monoisotopic (exact) mass is 497 g/mol. The van der Waals surface area contributed by atoms with Gasteiger partial charge in [0.1, 0.15) is 11.5 Å². The van der Waals surface area contributed by atoms with Crippen molar-refractivity contribution in [3.8, 4) is 5.75 Å². The Kier molecular flexibility index (Phi) is 6.25. The minimum atomic E-state index is -0.846. The molecule has 0 aromatic heterocycles. The maximum Gasteiger partial charge on any atom is 0.300 e. The van der Waals surface area contributed by atoms with Crippen molar-refractivity contribution in [3.63, 3.8) is 0 Å². The van der Waals surface area contributed by atoms with Gasteiger partial charge >= 0.3 is 0 Å². The number of aliphatic hydroxyl groups excluding tert-OH is 1. The lowest BCUT2D eigenvalue weighted by molar-refractivity contribution is -0.132. The summed E-state index contributed by atoms with van der Waals surface area (Å²) >= 11 is 6.25. The molecule has 1 amide bonds. The van der Waals surface area contributed by atoms with Crippen molar-refractivity contribution in [3.05, 3.63) is 113 Å². The molecule has 0 saturated carbocycles. The van der Waals surface area contributed by atoms with Gasteiger partial charge in [-0.1, -0.05) is 60.1 Å². The van der Waals surface area contributed by atoms with E-state index in [1.807, 2.05) is 56.3 Å². The molecule has 180 valence electrons. The van der Waals surface area contributed by atoms with Crippen LogP contribution in [-0.4, -0.2) is 22.9 Å². The van der Waals surface area contributed by atoms with Gasteiger partial charge in [-0.2, -0.15) is 0 Å². The molecule has 1 unspecified atom stereocenters. The first-order chi connectivity index (χ1) is 17.3. The summed E-state index contributed by atoms with van der Waals surface area (Å²) < 4.78 is 5.70. The lowest BCUT2D eigenvalue weighted by Gasteiger charge is -2.26. The number of fused-ring (bicyclic) bond motifs is 1. The van der Waals surface area contributed by atoms with E-state index in [9.17, 15) is 14.7 Å². The standard InChI is InChI=1S/C30H24ClNO4/c1-18(2)36-23-15-13-20(14-16-23)28(33)26-27(25-12-5-8-19-7-3-4-11-24(19)25)32(30(35)29(26)34)22-10-6-9-21(31)17-22/h3-18,27,33H,1-2H3/b28-26-. The minimum absolute atomic E-state index is 0.00108. The van der Waals surface area contributed by atoms with Crippen LogP contribution in [0.1, 0.15) is 31.0 Å². The molecule has 0 radical (unpaired) electrons. The number of benzene rings is 4. The zero-order valence-corrected chi connectivity index (χ0v) is 20.6. The van der Waals surface area contributed by atoms with Gasteiger partial charge in [0.25, 0.3) is 11.7 Å². The topological polar surface area (TPSA) is 66.8 Å². The highest BCUT2D eigenvalue weighted by atomic mass is 35.5. The van der Waals surface area contributed by atoms with Gasteiger partial charge in [0, 0.05) is 16.3 Å². The zero-order valence-electron chi connectivity index (χ0n) is 19.8. The molecule has 36 heavy (non-hydrogen) atoms. The number of amides is 1. The van der Waals surface area contributed by atoms with E-state index in [1.54, 1.807) is 48.5 Å². The Labute approximate surface area is 214 Å². The number of ether oxygens (including phenoxy) is 1. The van der Waals surface area contributed by atoms with Crippen LogP contribution in [0.2, 0.25) is 5.02 Å². The van der Waals surface area contributed by atoms with Crippen molar-refractivity contribution < 1.29 is 19.4 Å². The summed E-state index contributed by atoms with van der Waals surface area (Å²) in [4.78, 5) is 28.3. The lowest BCUT2D eigenvalue weighted by atomic mass is 9.91. The van der Waals surface area contributed by atoms with E-state index in [2.05, 4.69) is 0 Å². The van der Waals surface area contributed by atoms with Gasteiger partial charge < -0.3 is 9.84 Å². The molecule has 5 nitrogen and oxygen atoms in total. The Morgan fingerprint density at radius 2 is 1.61 bits per heavy atom. The van der Waals surface area contributed by atoms with Crippen molar-refractivity contribution in [2.75, 3.05) is 4.90 Å². The van der Waals surface area contributed by atoms with E-state index in [0.29, 0.717) is 22.0 Å². The Balaban J connectivity index is 1.73. The van der Waals surface area contributed by atoms with Gasteiger partial charge in [-0.15, -0.1) is 0 Å². The minimum Gasteiger partial charge on any atom is -0.507 e. The molecule has 1 heterocycles. The van der Waals surface area contributed by atoms with E-state index >= 15 is 0 Å². The number of rotatable bonds is 5. The quantitative estimate of drug-likeness (QED) is 0.185. The maximum absolute atomic E-state index is 13.5. The Morgan fingerprint density at radius 3 is 2.33 bits per heavy atom. The smallest absolute Gasteiger partial charge is 0.300 e. The summed E-state index contributed by atoms with van der Waals surface area (Å²) in [6, 6.07) is 26.3. The Bertz CT molecular complexity index is 1500. The number of aliphatic hydroxyl groups is 1. The highest BCUT2D eigenvalue weighted by Gasteiger charge is 2.47. The normalized spacial score (nSPS) is 17.2. The average molecular weight is 498 g/mol. The van der Waals surface area contributed by atoms with Gasteiger partial charge in [-0.3, -0.25) is 14.5 Å². The summed E-state index contributed by atoms with van der Waals surface area (Å²) in [6.45, 7) is 3.85. The third-order valence-corrected chi connectivity index (χ3v) is 6.38. The van der Waals surface area contributed by atoms with Gasteiger partial charge in [0.05, 0.1) is 17.7 Å². The molecule has 1 aliphatic rings. The summed E-state index contributed by atoms with van der Waals surface area (Å²) in [7, 11) is 0. The molecule has 0 spiro atoms. The summed E-state index contributed by atoms with van der Waals surface area (Å²) in [5, 5.41) is 13.7. The van der Waals surface area contributed by atoms with Crippen LogP contribution in [0.4, 0.5) is 5.69 Å². The number of anilines is 1. The first-order valence-corrected chi connectivity index (χ1v) is 12.0. The molecule has 6 heteroatoms. The van der Waals surface area contributed by atoms with Gasteiger partial charge in [-0.05, 0) is 72.6 Å². The van der Waals surface area contributed by atoms with Crippen LogP contribution >= 0.6 is 11.6 Å². The molecule has 4 aromatic carbocycles. The number of ketones is 1. The van der Waals surface area contributed by atoms with Crippen molar-refractivity contribution in [1.82, 2.24) is 0 Å². The maximum atomic E-state index is 13.5. The number of hydrogen-bond donors (Lipinski definition) is 1. The number of halogens is 1. The predicted molar refractivity (Wildman–Crippen MR) is 142 cm³/mol. The fourth-order valence-electron chi connectivity index (χ4n) is 4.63. The predicted octanol–water partition coefficient (Wildman–Crippen LogP) is 6.91. The van der Waals surface area contributed by atoms with Crippen LogP contribution in [-0.2, 0) is 9.59 Å². The molecular weight excluding hydrogens is 474 g/mol. The van der Waals surface area contributed by atoms with Crippen LogP contribution in [0.25, 0.3) is 16.5 Å². The fourth-order valence-corrected chi connectivity index (χ4v) is 4.81. The van der Waals surface area contributed by atoms with Crippen molar-refractivity contribution >= 4 is 45.5 Å². The van der Waals surface area contributed by atoms with Crippen LogP contribution in [0.15, 0.2) is 96.6 Å². The summed E-state index contributed by atoms with van der Waals surface area (Å²) in [5.41, 5.74) is 1.64. The molecule has 1 fully saturated rings. The number of Topliss-reactive ketones (excluding diaryl/α,β-unsaturated/α-hetero) is 1. The van der Waals surface area contributed by atoms with E-state index in [0.717, 1.165) is 16.3 Å². The second-order valence-electron chi connectivity index (χ2n) is 8.91. The molecule has 5 rings (SSSR count). The third kappa shape index (κ3) is 4.23. The van der Waals surface area contributed by atoms with Crippen LogP contribution in [0.3, 0.4) is 0 Å². The molecule has 1 saturated heterocycles. The number of nitrogens with zero attached hydrogens (tertiary/aromatic N) is 1. The molecule has 1 aliphatic heterocycles. The van der Waals surface area contributed by atoms with Crippen LogP contribution in [0, 0.1) is 0 Å². The molecule has 1 N–H and O–H groups in total. The first-order valence-electron chi connectivity index (χ1n) is 11.7. The van der Waals surface area contributed by atoms with Crippen LogP contribution < -0.4 is 9.64 Å². The average Bonchev–Trinajstić information content (AvgIpc) is 3.13. The highest BCUT2D eigenvalue weighted by molar-refractivity contribution is 6.52. The number of carbonyl (C=O) groups excluding carboxylic acids is 2. The number of carbonyl (C=O) groups is 2. The molecule has 0 bridgehead atoms. The SMILES string of the molecule is CC(C)Oc1ccc(/C(O)=C2/C(=O)C(=O)N(c3cccc(Cl)c3)C2c2cccc3ccccc23)cc1. The summed E-state index contributed by atoms with van der Waals surface area (Å²) in [5.74, 6) is -1.08. The molecular formula is C30H24ClNO4. The van der Waals surface area contributed by atoms with Gasteiger partial charge in [0.2, 0.25) is 0 Å². The van der Waals surface area contributed by atoms with Crippen molar-refractivity contribution in [2.45, 2.75) is 26.0 Å². The zero-order chi connectivity index (χ0) is 25.4. The van der Waals surface area contributed by atoms with E-state index in [-0.39, 0.29) is 17.4 Å². The third-order valence-electron chi connectivity index (χ3n) is 6.15. The fraction of sp³-hybridized carbons (Fsp3) is 0.133. The molecule has 4 aromatic rings. The van der Waals surface area contributed by atoms with E-state index in [4.69, 9.17) is 16.3 Å². The van der Waals surface area contributed by atoms with E-state index in [1.165, 1.54) is 4.90 Å². The van der Waals surface area contributed by atoms with Crippen molar-refractivity contribution in [1.29, 1.82) is 0 Å². The van der Waals surface area contributed by atoms with E-state index < -0.39 is 17.7 Å². The molecule has 0 aliphatic carbocycles. The lowest BCUT2D eigenvalue weighted by Crippen LogP contribution is -2.29. The largest absolute Gasteiger partial charge is 0.507 e. The van der Waals surface area contributed by atoms with Gasteiger partial charge in [0.15, 0.2) is 0 Å². The molecule has 1 atom stereocenters. The summed E-state index contributed by atoms with van der Waals surface area (Å²) in [6.07, 6.45) is -0.00108. The Morgan fingerprint density at radius 1 is 0.917 bits per heavy atom. The first kappa shape index (κ1) is 23.6. The number of hydrogen-bond acceptors (Lipinski definition) is 4. The van der Waals surface area contributed by atoms with Crippen LogP contribution in [0.5, 0.6) is 5.75 Å². The van der Waals surface area contributed by atoms with Gasteiger partial charge in [-0.25, -0.2) is 0 Å². The second-order valence-corrected chi connectivity index (χ2v) is 9.34. The second kappa shape index (κ2) is 9.51. The highest BCUT2D eigenvalue weighted by Crippen LogP contribution is 2.44. The Hall–Kier alpha value is -4.09.